The summed E-state index contributed by atoms with van der Waals surface area (Å²) in [6.45, 7) is 0. The number of halogens is 3. The molecular weight excluding hydrogens is 279 g/mol. The van der Waals surface area contributed by atoms with Gasteiger partial charge in [-0.3, -0.25) is 4.79 Å². The van der Waals surface area contributed by atoms with Crippen LogP contribution in [0.25, 0.3) is 10.9 Å². The Balaban J connectivity index is 1.95. The minimum Gasteiger partial charge on any atom is -0.360 e. The molecule has 2 aromatic carbocycles. The number of hydrogen-bond donors (Lipinski definition) is 1. The van der Waals surface area contributed by atoms with Crippen LogP contribution in [-0.4, -0.2) is 10.8 Å². The Kier molecular flexibility index (Phi) is 3.25. The number of ketones is 1. The Hall–Kier alpha value is -2.56. The molecule has 1 aromatic heterocycles. The molecule has 0 spiro atoms. The van der Waals surface area contributed by atoms with Crippen molar-refractivity contribution >= 4 is 16.7 Å². The Morgan fingerprint density at radius 1 is 1.00 bits per heavy atom. The SMILES string of the molecule is O=C(Cc1ccc(F)cc1F)c1c[nH]c2ccc(F)cc12. The molecule has 3 aromatic rings. The maximum Gasteiger partial charge on any atom is 0.169 e. The number of Topliss-reactive ketones (excluding diaryl/α,β-unsaturated/α-hetero) is 1. The fourth-order valence-corrected chi connectivity index (χ4v) is 2.26. The quantitative estimate of drug-likeness (QED) is 0.726. The lowest BCUT2D eigenvalue weighted by Gasteiger charge is -2.02. The third-order valence-electron chi connectivity index (χ3n) is 3.31. The Morgan fingerprint density at radius 2 is 1.71 bits per heavy atom. The zero-order valence-corrected chi connectivity index (χ0v) is 10.8. The predicted octanol–water partition coefficient (Wildman–Crippen LogP) is 4.01. The molecule has 0 amide bonds. The van der Waals surface area contributed by atoms with Gasteiger partial charge in [0.15, 0.2) is 5.78 Å². The summed E-state index contributed by atoms with van der Waals surface area (Å²) >= 11 is 0. The average molecular weight is 289 g/mol. The van der Waals surface area contributed by atoms with E-state index in [9.17, 15) is 18.0 Å². The van der Waals surface area contributed by atoms with Crippen LogP contribution in [0.2, 0.25) is 0 Å². The fraction of sp³-hybridized carbons (Fsp3) is 0.0625. The van der Waals surface area contributed by atoms with Crippen molar-refractivity contribution in [1.82, 2.24) is 4.98 Å². The maximum atomic E-state index is 13.6. The van der Waals surface area contributed by atoms with Gasteiger partial charge in [0.1, 0.15) is 17.5 Å². The monoisotopic (exact) mass is 289 g/mol. The highest BCUT2D eigenvalue weighted by Gasteiger charge is 2.15. The molecule has 1 heterocycles. The second kappa shape index (κ2) is 5.09. The van der Waals surface area contributed by atoms with Gasteiger partial charge in [-0.15, -0.1) is 0 Å². The lowest BCUT2D eigenvalue weighted by molar-refractivity contribution is 0.0993. The zero-order chi connectivity index (χ0) is 15.0. The van der Waals surface area contributed by atoms with Crippen LogP contribution in [0, 0.1) is 17.5 Å². The highest BCUT2D eigenvalue weighted by Crippen LogP contribution is 2.21. The molecule has 1 N–H and O–H groups in total. The number of carbonyl (C=O) groups is 1. The standard InChI is InChI=1S/C16H10F3NO/c17-10-3-4-15-12(6-10)13(8-20-15)16(21)5-9-1-2-11(18)7-14(9)19/h1-4,6-8,20H,5H2. The van der Waals surface area contributed by atoms with Crippen molar-refractivity contribution in [3.05, 3.63) is 71.2 Å². The molecular formula is C16H10F3NO. The molecule has 0 atom stereocenters. The summed E-state index contributed by atoms with van der Waals surface area (Å²) in [5, 5.41) is 0.447. The van der Waals surface area contributed by atoms with Crippen LogP contribution >= 0.6 is 0 Å². The topological polar surface area (TPSA) is 32.9 Å². The summed E-state index contributed by atoms with van der Waals surface area (Å²) in [5.74, 6) is -2.28. The Morgan fingerprint density at radius 3 is 2.48 bits per heavy atom. The first-order valence-corrected chi connectivity index (χ1v) is 6.28. The highest BCUT2D eigenvalue weighted by atomic mass is 19.1. The number of nitrogens with one attached hydrogen (secondary N) is 1. The molecule has 0 fully saturated rings. The van der Waals surface area contributed by atoms with Crippen LogP contribution in [0.3, 0.4) is 0 Å². The number of benzene rings is 2. The van der Waals surface area contributed by atoms with Crippen molar-refractivity contribution in [2.75, 3.05) is 0 Å². The molecule has 106 valence electrons. The van der Waals surface area contributed by atoms with Crippen molar-refractivity contribution in [2.24, 2.45) is 0 Å². The van der Waals surface area contributed by atoms with Crippen LogP contribution in [-0.2, 0) is 6.42 Å². The summed E-state index contributed by atoms with van der Waals surface area (Å²) in [4.78, 5) is 15.1. The van der Waals surface area contributed by atoms with Crippen molar-refractivity contribution in [3.63, 3.8) is 0 Å². The molecule has 0 bridgehead atoms. The van der Waals surface area contributed by atoms with Gasteiger partial charge in [-0.2, -0.15) is 0 Å². The molecule has 0 aliphatic carbocycles. The summed E-state index contributed by atoms with van der Waals surface area (Å²) in [6.07, 6.45) is 1.25. The van der Waals surface area contributed by atoms with Gasteiger partial charge in [-0.1, -0.05) is 6.07 Å². The number of carbonyl (C=O) groups excluding carboxylic acids is 1. The van der Waals surface area contributed by atoms with Gasteiger partial charge in [0.05, 0.1) is 0 Å². The second-order valence-corrected chi connectivity index (χ2v) is 4.73. The normalized spacial score (nSPS) is 11.0. The van der Waals surface area contributed by atoms with Crippen LogP contribution in [0.5, 0.6) is 0 Å². The molecule has 0 aliphatic rings. The van der Waals surface area contributed by atoms with E-state index in [0.717, 1.165) is 12.1 Å². The van der Waals surface area contributed by atoms with Gasteiger partial charge in [-0.25, -0.2) is 13.2 Å². The molecule has 3 rings (SSSR count). The van der Waals surface area contributed by atoms with Gasteiger partial charge < -0.3 is 4.98 Å². The molecule has 5 heteroatoms. The number of hydrogen-bond acceptors (Lipinski definition) is 1. The predicted molar refractivity (Wildman–Crippen MR) is 72.6 cm³/mol. The summed E-state index contributed by atoms with van der Waals surface area (Å²) < 4.78 is 39.7. The fourth-order valence-electron chi connectivity index (χ4n) is 2.26. The van der Waals surface area contributed by atoms with Crippen LogP contribution in [0.15, 0.2) is 42.6 Å². The first-order valence-electron chi connectivity index (χ1n) is 6.28. The van der Waals surface area contributed by atoms with Gasteiger partial charge in [0, 0.05) is 35.2 Å². The van der Waals surface area contributed by atoms with E-state index in [1.165, 1.54) is 30.5 Å². The van der Waals surface area contributed by atoms with Crippen LogP contribution in [0.4, 0.5) is 13.2 Å². The first-order chi connectivity index (χ1) is 10.0. The van der Waals surface area contributed by atoms with Gasteiger partial charge in [0.25, 0.3) is 0 Å². The van der Waals surface area contributed by atoms with E-state index in [4.69, 9.17) is 0 Å². The third-order valence-corrected chi connectivity index (χ3v) is 3.31. The number of rotatable bonds is 3. The lowest BCUT2D eigenvalue weighted by atomic mass is 10.0. The molecule has 0 saturated heterocycles. The van der Waals surface area contributed by atoms with Crippen molar-refractivity contribution in [1.29, 1.82) is 0 Å². The van der Waals surface area contributed by atoms with E-state index in [0.29, 0.717) is 10.9 Å². The zero-order valence-electron chi connectivity index (χ0n) is 10.8. The van der Waals surface area contributed by atoms with Gasteiger partial charge >= 0.3 is 0 Å². The first kappa shape index (κ1) is 13.4. The average Bonchev–Trinajstić information content (AvgIpc) is 2.85. The van der Waals surface area contributed by atoms with Gasteiger partial charge in [0.2, 0.25) is 0 Å². The smallest absolute Gasteiger partial charge is 0.169 e. The summed E-state index contributed by atoms with van der Waals surface area (Å²) in [5.41, 5.74) is 1.01. The Labute approximate surface area is 118 Å². The molecule has 21 heavy (non-hydrogen) atoms. The number of aromatic amines is 1. The minimum absolute atomic E-state index is 0.104. The summed E-state index contributed by atoms with van der Waals surface area (Å²) in [7, 11) is 0. The Bertz CT molecular complexity index is 839. The molecule has 0 saturated carbocycles. The van der Waals surface area contributed by atoms with E-state index in [1.807, 2.05) is 0 Å². The molecule has 0 unspecified atom stereocenters. The highest BCUT2D eigenvalue weighted by molar-refractivity contribution is 6.08. The number of H-pyrrole nitrogens is 1. The van der Waals surface area contributed by atoms with Crippen LogP contribution < -0.4 is 0 Å². The van der Waals surface area contributed by atoms with Crippen molar-refractivity contribution in [2.45, 2.75) is 6.42 Å². The minimum atomic E-state index is -0.769. The van der Waals surface area contributed by atoms with E-state index >= 15 is 0 Å². The van der Waals surface area contributed by atoms with E-state index in [-0.39, 0.29) is 23.3 Å². The molecule has 0 aliphatic heterocycles. The van der Waals surface area contributed by atoms with Crippen LogP contribution in [0.1, 0.15) is 15.9 Å². The maximum absolute atomic E-state index is 13.6. The number of fused-ring (bicyclic) bond motifs is 1. The van der Waals surface area contributed by atoms with E-state index < -0.39 is 17.5 Å². The third kappa shape index (κ3) is 2.54. The summed E-state index contributed by atoms with van der Waals surface area (Å²) in [6, 6.07) is 7.13. The molecule has 0 radical (unpaired) electrons. The molecule has 2 nitrogen and oxygen atoms in total. The number of aromatic nitrogens is 1. The van der Waals surface area contributed by atoms with E-state index in [1.54, 1.807) is 0 Å². The van der Waals surface area contributed by atoms with E-state index in [2.05, 4.69) is 4.98 Å². The largest absolute Gasteiger partial charge is 0.360 e. The van der Waals surface area contributed by atoms with Crippen molar-refractivity contribution < 1.29 is 18.0 Å². The second-order valence-electron chi connectivity index (χ2n) is 4.73. The van der Waals surface area contributed by atoms with Crippen molar-refractivity contribution in [3.8, 4) is 0 Å². The van der Waals surface area contributed by atoms with Gasteiger partial charge in [-0.05, 0) is 29.8 Å². The lowest BCUT2D eigenvalue weighted by Crippen LogP contribution is -2.05.